The van der Waals surface area contributed by atoms with E-state index >= 15 is 0 Å². The standard InChI is InChI=1S/C11H18N2O/c1-4-6-11-12-10(9(3)14)8-13(11)7-5-2/h4-5,9-10,14H,1-2,6-8H2,3H3. The molecule has 0 aromatic heterocycles. The van der Waals surface area contributed by atoms with Crippen molar-refractivity contribution in [2.24, 2.45) is 4.99 Å². The molecular weight excluding hydrogens is 176 g/mol. The van der Waals surface area contributed by atoms with Gasteiger partial charge >= 0.3 is 0 Å². The lowest BCUT2D eigenvalue weighted by Crippen LogP contribution is -2.32. The van der Waals surface area contributed by atoms with Gasteiger partial charge in [0.25, 0.3) is 0 Å². The van der Waals surface area contributed by atoms with Crippen LogP contribution in [-0.4, -0.2) is 41.1 Å². The van der Waals surface area contributed by atoms with E-state index in [1.165, 1.54) is 0 Å². The zero-order chi connectivity index (χ0) is 10.6. The average molecular weight is 194 g/mol. The third kappa shape index (κ3) is 2.45. The van der Waals surface area contributed by atoms with Crippen LogP contribution in [0, 0.1) is 0 Å². The van der Waals surface area contributed by atoms with Crippen molar-refractivity contribution in [2.75, 3.05) is 13.1 Å². The van der Waals surface area contributed by atoms with Crippen LogP contribution in [-0.2, 0) is 0 Å². The van der Waals surface area contributed by atoms with Gasteiger partial charge in [-0.25, -0.2) is 0 Å². The fourth-order valence-electron chi connectivity index (χ4n) is 1.55. The van der Waals surface area contributed by atoms with Gasteiger partial charge in [0, 0.05) is 19.5 Å². The van der Waals surface area contributed by atoms with Gasteiger partial charge in [0.15, 0.2) is 0 Å². The quantitative estimate of drug-likeness (QED) is 0.668. The number of aliphatic imine (C=N–C) groups is 1. The van der Waals surface area contributed by atoms with Crippen molar-refractivity contribution in [3.05, 3.63) is 25.3 Å². The molecule has 0 aromatic rings. The van der Waals surface area contributed by atoms with Crippen molar-refractivity contribution < 1.29 is 5.11 Å². The number of nitrogens with zero attached hydrogens (tertiary/aromatic N) is 2. The minimum atomic E-state index is -0.385. The number of hydrogen-bond acceptors (Lipinski definition) is 3. The van der Waals surface area contributed by atoms with Crippen LogP contribution in [0.2, 0.25) is 0 Å². The summed E-state index contributed by atoms with van der Waals surface area (Å²) in [7, 11) is 0. The number of amidine groups is 1. The summed E-state index contributed by atoms with van der Waals surface area (Å²) >= 11 is 0. The van der Waals surface area contributed by atoms with Gasteiger partial charge in [-0.05, 0) is 6.92 Å². The topological polar surface area (TPSA) is 35.8 Å². The summed E-state index contributed by atoms with van der Waals surface area (Å²) in [6.07, 6.45) is 4.06. The molecule has 1 aliphatic heterocycles. The van der Waals surface area contributed by atoms with Crippen LogP contribution >= 0.6 is 0 Å². The molecule has 3 nitrogen and oxygen atoms in total. The first-order valence-corrected chi connectivity index (χ1v) is 4.90. The predicted octanol–water partition coefficient (Wildman–Crippen LogP) is 1.21. The SMILES string of the molecule is C=CCC1=NC(C(C)O)CN1CC=C. The predicted molar refractivity (Wildman–Crippen MR) is 59.5 cm³/mol. The molecule has 0 aromatic carbocycles. The summed E-state index contributed by atoms with van der Waals surface area (Å²) in [5, 5.41) is 9.44. The second-order valence-electron chi connectivity index (χ2n) is 3.54. The molecule has 0 radical (unpaired) electrons. The van der Waals surface area contributed by atoms with Crippen LogP contribution < -0.4 is 0 Å². The largest absolute Gasteiger partial charge is 0.391 e. The zero-order valence-corrected chi connectivity index (χ0v) is 8.69. The highest BCUT2D eigenvalue weighted by molar-refractivity contribution is 5.85. The number of rotatable bonds is 5. The maximum Gasteiger partial charge on any atom is 0.104 e. The van der Waals surface area contributed by atoms with Crippen LogP contribution in [0.3, 0.4) is 0 Å². The Morgan fingerprint density at radius 2 is 2.36 bits per heavy atom. The minimum absolute atomic E-state index is 0.00454. The van der Waals surface area contributed by atoms with E-state index in [4.69, 9.17) is 0 Å². The summed E-state index contributed by atoms with van der Waals surface area (Å²) in [5.41, 5.74) is 0. The summed E-state index contributed by atoms with van der Waals surface area (Å²) in [6.45, 7) is 10.7. The van der Waals surface area contributed by atoms with E-state index in [0.717, 1.165) is 25.3 Å². The van der Waals surface area contributed by atoms with E-state index in [2.05, 4.69) is 23.1 Å². The number of aliphatic hydroxyl groups excluding tert-OH is 1. The second kappa shape index (κ2) is 4.96. The summed E-state index contributed by atoms with van der Waals surface area (Å²) in [6, 6.07) is 0.00454. The van der Waals surface area contributed by atoms with Gasteiger partial charge < -0.3 is 10.0 Å². The van der Waals surface area contributed by atoms with Crippen molar-refractivity contribution in [1.29, 1.82) is 0 Å². The van der Waals surface area contributed by atoms with Gasteiger partial charge in [0.2, 0.25) is 0 Å². The van der Waals surface area contributed by atoms with Crippen LogP contribution in [0.5, 0.6) is 0 Å². The summed E-state index contributed by atoms with van der Waals surface area (Å²) < 4.78 is 0. The maximum atomic E-state index is 9.44. The van der Waals surface area contributed by atoms with Crippen LogP contribution in [0.4, 0.5) is 0 Å². The lowest BCUT2D eigenvalue weighted by atomic mass is 10.2. The van der Waals surface area contributed by atoms with Gasteiger partial charge in [-0.3, -0.25) is 4.99 Å². The Hall–Kier alpha value is -1.09. The van der Waals surface area contributed by atoms with E-state index < -0.39 is 0 Å². The third-order valence-electron chi connectivity index (χ3n) is 2.32. The Labute approximate surface area is 85.5 Å². The van der Waals surface area contributed by atoms with Crippen molar-refractivity contribution in [1.82, 2.24) is 4.90 Å². The Morgan fingerprint density at radius 1 is 1.64 bits per heavy atom. The van der Waals surface area contributed by atoms with E-state index in [0.29, 0.717) is 0 Å². The molecule has 0 aliphatic carbocycles. The van der Waals surface area contributed by atoms with Gasteiger partial charge in [-0.15, -0.1) is 13.2 Å². The Kier molecular flexibility index (Phi) is 3.89. The molecule has 0 amide bonds. The van der Waals surface area contributed by atoms with Gasteiger partial charge in [0.05, 0.1) is 12.1 Å². The van der Waals surface area contributed by atoms with Crippen LogP contribution in [0.25, 0.3) is 0 Å². The van der Waals surface area contributed by atoms with E-state index in [9.17, 15) is 5.11 Å². The van der Waals surface area contributed by atoms with Crippen molar-refractivity contribution in [3.8, 4) is 0 Å². The zero-order valence-electron chi connectivity index (χ0n) is 8.69. The molecule has 1 rings (SSSR count). The van der Waals surface area contributed by atoms with Crippen molar-refractivity contribution >= 4 is 5.84 Å². The molecule has 0 bridgehead atoms. The molecule has 0 saturated carbocycles. The molecule has 0 spiro atoms. The molecule has 0 saturated heterocycles. The molecular formula is C11H18N2O. The third-order valence-corrected chi connectivity index (χ3v) is 2.32. The summed E-state index contributed by atoms with van der Waals surface area (Å²) in [4.78, 5) is 6.58. The Balaban J connectivity index is 2.67. The lowest BCUT2D eigenvalue weighted by Gasteiger charge is -2.18. The molecule has 78 valence electrons. The molecule has 3 heteroatoms. The van der Waals surface area contributed by atoms with E-state index in [1.54, 1.807) is 6.92 Å². The van der Waals surface area contributed by atoms with Crippen LogP contribution in [0.1, 0.15) is 13.3 Å². The molecule has 0 fully saturated rings. The van der Waals surface area contributed by atoms with E-state index in [-0.39, 0.29) is 12.1 Å². The number of aliphatic hydroxyl groups is 1. The minimum Gasteiger partial charge on any atom is -0.391 e. The highest BCUT2D eigenvalue weighted by Crippen LogP contribution is 2.14. The molecule has 2 unspecified atom stereocenters. The van der Waals surface area contributed by atoms with Crippen molar-refractivity contribution in [3.63, 3.8) is 0 Å². The fraction of sp³-hybridized carbons (Fsp3) is 0.545. The second-order valence-corrected chi connectivity index (χ2v) is 3.54. The van der Waals surface area contributed by atoms with E-state index in [1.807, 2.05) is 12.2 Å². The average Bonchev–Trinajstić information content (AvgIpc) is 2.50. The summed E-state index contributed by atoms with van der Waals surface area (Å²) in [5.74, 6) is 1.01. The smallest absolute Gasteiger partial charge is 0.104 e. The molecule has 14 heavy (non-hydrogen) atoms. The first-order valence-electron chi connectivity index (χ1n) is 4.90. The normalized spacial score (nSPS) is 23.1. The van der Waals surface area contributed by atoms with Crippen molar-refractivity contribution in [2.45, 2.75) is 25.5 Å². The Bertz CT molecular complexity index is 246. The highest BCUT2D eigenvalue weighted by Gasteiger charge is 2.26. The van der Waals surface area contributed by atoms with Gasteiger partial charge in [-0.2, -0.15) is 0 Å². The van der Waals surface area contributed by atoms with Crippen LogP contribution in [0.15, 0.2) is 30.3 Å². The Morgan fingerprint density at radius 3 is 2.86 bits per heavy atom. The maximum absolute atomic E-state index is 9.44. The molecule has 1 heterocycles. The highest BCUT2D eigenvalue weighted by atomic mass is 16.3. The molecule has 1 N–H and O–H groups in total. The van der Waals surface area contributed by atoms with Gasteiger partial charge in [-0.1, -0.05) is 12.2 Å². The first-order chi connectivity index (χ1) is 6.69. The first kappa shape index (κ1) is 11.0. The molecule has 2 atom stereocenters. The monoisotopic (exact) mass is 194 g/mol. The molecule has 1 aliphatic rings. The fourth-order valence-corrected chi connectivity index (χ4v) is 1.55. The lowest BCUT2D eigenvalue weighted by molar-refractivity contribution is 0.160. The van der Waals surface area contributed by atoms with Gasteiger partial charge in [0.1, 0.15) is 5.84 Å². The number of hydrogen-bond donors (Lipinski definition) is 1.